The third-order valence-corrected chi connectivity index (χ3v) is 4.23. The van der Waals surface area contributed by atoms with Gasteiger partial charge in [-0.2, -0.15) is 0 Å². The van der Waals surface area contributed by atoms with Crippen LogP contribution < -0.4 is 5.32 Å². The van der Waals surface area contributed by atoms with Crippen molar-refractivity contribution in [2.75, 3.05) is 25.5 Å². The molecule has 0 saturated carbocycles. The van der Waals surface area contributed by atoms with Gasteiger partial charge in [-0.05, 0) is 18.4 Å². The van der Waals surface area contributed by atoms with Crippen molar-refractivity contribution in [3.8, 4) is 0 Å². The Morgan fingerprint density at radius 1 is 1.32 bits per heavy atom. The van der Waals surface area contributed by atoms with Crippen molar-refractivity contribution in [2.45, 2.75) is 38.3 Å². The Kier molecular flexibility index (Phi) is 3.96. The summed E-state index contributed by atoms with van der Waals surface area (Å²) in [7, 11) is 1.67. The molecule has 2 saturated heterocycles. The minimum absolute atomic E-state index is 0.00983. The average Bonchev–Trinajstić information content (AvgIpc) is 2.92. The van der Waals surface area contributed by atoms with E-state index in [1.165, 1.54) is 4.90 Å². The fraction of sp³-hybridized carbons (Fsp3) is 0.600. The number of hydrogen-bond acceptors (Lipinski definition) is 5. The maximum absolute atomic E-state index is 12.1. The molecule has 2 aliphatic rings. The minimum atomic E-state index is -0.344. The zero-order valence-corrected chi connectivity index (χ0v) is 13.0. The first-order chi connectivity index (χ1) is 10.6. The van der Waals surface area contributed by atoms with Gasteiger partial charge in [0.05, 0.1) is 6.54 Å². The van der Waals surface area contributed by atoms with Crippen LogP contribution in [0.2, 0.25) is 0 Å². The Morgan fingerprint density at radius 3 is 2.73 bits per heavy atom. The fourth-order valence-corrected chi connectivity index (χ4v) is 3.11. The zero-order valence-electron chi connectivity index (χ0n) is 13.0. The number of piperazine rings is 1. The highest BCUT2D eigenvalue weighted by Gasteiger charge is 2.44. The van der Waals surface area contributed by atoms with Crippen LogP contribution in [-0.2, 0) is 16.0 Å². The van der Waals surface area contributed by atoms with E-state index in [9.17, 15) is 9.59 Å². The quantitative estimate of drug-likeness (QED) is 0.864. The second-order valence-corrected chi connectivity index (χ2v) is 6.00. The normalized spacial score (nSPS) is 24.6. The van der Waals surface area contributed by atoms with Crippen molar-refractivity contribution in [1.29, 1.82) is 0 Å². The molecule has 7 heteroatoms. The lowest BCUT2D eigenvalue weighted by Crippen LogP contribution is -2.55. The van der Waals surface area contributed by atoms with Gasteiger partial charge in [-0.15, -0.1) is 0 Å². The van der Waals surface area contributed by atoms with Crippen LogP contribution >= 0.6 is 0 Å². The molecule has 2 amide bonds. The molecule has 0 unspecified atom stereocenters. The lowest BCUT2D eigenvalue weighted by Gasteiger charge is -2.33. The SMILES string of the molecule is CCCc1cnc(N[C@@H]2C[C@H]3C(=O)N(C)CC(=O)N3C2)nc1. The van der Waals surface area contributed by atoms with Crippen molar-refractivity contribution in [3.05, 3.63) is 18.0 Å². The van der Waals surface area contributed by atoms with Crippen LogP contribution in [0.1, 0.15) is 25.3 Å². The average molecular weight is 303 g/mol. The molecule has 0 aromatic carbocycles. The third kappa shape index (κ3) is 2.75. The van der Waals surface area contributed by atoms with Gasteiger partial charge in [-0.1, -0.05) is 13.3 Å². The van der Waals surface area contributed by atoms with Gasteiger partial charge in [0.1, 0.15) is 6.04 Å². The first-order valence-electron chi connectivity index (χ1n) is 7.70. The standard InChI is InChI=1S/C15H21N5O2/c1-3-4-10-6-16-15(17-7-10)18-11-5-12-14(22)19(2)9-13(21)20(12)8-11/h6-7,11-12H,3-5,8-9H2,1-2H3,(H,16,17,18)/t11-,12+/m1/s1. The fourth-order valence-electron chi connectivity index (χ4n) is 3.11. The molecule has 1 aromatic rings. The summed E-state index contributed by atoms with van der Waals surface area (Å²) in [6.45, 7) is 2.82. The second-order valence-electron chi connectivity index (χ2n) is 6.00. The molecule has 2 aliphatic heterocycles. The Balaban J connectivity index is 1.65. The topological polar surface area (TPSA) is 78.4 Å². The van der Waals surface area contributed by atoms with Gasteiger partial charge in [0, 0.05) is 32.0 Å². The first-order valence-corrected chi connectivity index (χ1v) is 7.70. The Labute approximate surface area is 129 Å². The van der Waals surface area contributed by atoms with Gasteiger partial charge in [0.25, 0.3) is 0 Å². The molecule has 0 spiro atoms. The number of likely N-dealkylation sites (N-methyl/N-ethyl adjacent to an activating group) is 1. The van der Waals surface area contributed by atoms with E-state index in [-0.39, 0.29) is 30.4 Å². The van der Waals surface area contributed by atoms with Crippen LogP contribution in [-0.4, -0.2) is 63.8 Å². The van der Waals surface area contributed by atoms with Crippen molar-refractivity contribution in [2.24, 2.45) is 0 Å². The molecular formula is C15H21N5O2. The molecule has 2 atom stereocenters. The summed E-state index contributed by atoms with van der Waals surface area (Å²) in [4.78, 5) is 36.0. The van der Waals surface area contributed by atoms with E-state index in [0.29, 0.717) is 18.9 Å². The summed E-state index contributed by atoms with van der Waals surface area (Å²) in [6, 6.07) is -0.329. The summed E-state index contributed by atoms with van der Waals surface area (Å²) >= 11 is 0. The highest BCUT2D eigenvalue weighted by atomic mass is 16.2. The molecule has 118 valence electrons. The van der Waals surface area contributed by atoms with Gasteiger partial charge >= 0.3 is 0 Å². The number of aryl methyl sites for hydroxylation is 1. The Bertz CT molecular complexity index is 574. The van der Waals surface area contributed by atoms with E-state index in [2.05, 4.69) is 22.2 Å². The first kappa shape index (κ1) is 14.7. The molecule has 1 N–H and O–H groups in total. The molecule has 7 nitrogen and oxygen atoms in total. The van der Waals surface area contributed by atoms with Gasteiger partial charge in [0.15, 0.2) is 0 Å². The Morgan fingerprint density at radius 2 is 2.05 bits per heavy atom. The Hall–Kier alpha value is -2.18. The number of carbonyl (C=O) groups is 2. The van der Waals surface area contributed by atoms with Crippen molar-refractivity contribution in [3.63, 3.8) is 0 Å². The second kappa shape index (κ2) is 5.90. The van der Waals surface area contributed by atoms with Gasteiger partial charge in [-0.3, -0.25) is 9.59 Å². The lowest BCUT2D eigenvalue weighted by atomic mass is 10.1. The number of nitrogens with zero attached hydrogens (tertiary/aromatic N) is 4. The van der Waals surface area contributed by atoms with E-state index < -0.39 is 0 Å². The largest absolute Gasteiger partial charge is 0.350 e. The predicted octanol–water partition coefficient (Wildman–Crippen LogP) is 0.283. The molecule has 22 heavy (non-hydrogen) atoms. The smallest absolute Gasteiger partial charge is 0.245 e. The van der Waals surface area contributed by atoms with Gasteiger partial charge in [0.2, 0.25) is 17.8 Å². The molecule has 0 aliphatic carbocycles. The van der Waals surface area contributed by atoms with Crippen LogP contribution in [0.3, 0.4) is 0 Å². The van der Waals surface area contributed by atoms with Crippen LogP contribution in [0.15, 0.2) is 12.4 Å². The summed E-state index contributed by atoms with van der Waals surface area (Å²) in [5.74, 6) is 0.580. The van der Waals surface area contributed by atoms with Crippen LogP contribution in [0.4, 0.5) is 5.95 Å². The number of carbonyl (C=O) groups excluding carboxylic acids is 2. The summed E-state index contributed by atoms with van der Waals surface area (Å²) in [6.07, 6.45) is 6.29. The molecule has 3 rings (SSSR count). The van der Waals surface area contributed by atoms with E-state index in [1.807, 2.05) is 12.4 Å². The van der Waals surface area contributed by atoms with Crippen molar-refractivity contribution >= 4 is 17.8 Å². The number of amides is 2. The molecule has 1 aromatic heterocycles. The third-order valence-electron chi connectivity index (χ3n) is 4.23. The summed E-state index contributed by atoms with van der Waals surface area (Å²) < 4.78 is 0. The number of hydrogen-bond donors (Lipinski definition) is 1. The number of fused-ring (bicyclic) bond motifs is 1. The van der Waals surface area contributed by atoms with E-state index in [1.54, 1.807) is 11.9 Å². The van der Waals surface area contributed by atoms with E-state index in [0.717, 1.165) is 18.4 Å². The number of anilines is 1. The molecule has 0 radical (unpaired) electrons. The van der Waals surface area contributed by atoms with Crippen LogP contribution in [0.25, 0.3) is 0 Å². The number of nitrogens with one attached hydrogen (secondary N) is 1. The van der Waals surface area contributed by atoms with E-state index in [4.69, 9.17) is 0 Å². The van der Waals surface area contributed by atoms with Crippen LogP contribution in [0.5, 0.6) is 0 Å². The maximum Gasteiger partial charge on any atom is 0.245 e. The van der Waals surface area contributed by atoms with E-state index >= 15 is 0 Å². The van der Waals surface area contributed by atoms with Gasteiger partial charge < -0.3 is 15.1 Å². The molecule has 3 heterocycles. The molecular weight excluding hydrogens is 282 g/mol. The summed E-state index contributed by atoms with van der Waals surface area (Å²) in [5.41, 5.74) is 1.11. The molecule has 2 fully saturated rings. The zero-order chi connectivity index (χ0) is 15.7. The van der Waals surface area contributed by atoms with Crippen molar-refractivity contribution in [1.82, 2.24) is 19.8 Å². The predicted molar refractivity (Wildman–Crippen MR) is 81.2 cm³/mol. The number of rotatable bonds is 4. The maximum atomic E-state index is 12.1. The lowest BCUT2D eigenvalue weighted by molar-refractivity contribution is -0.152. The van der Waals surface area contributed by atoms with Crippen molar-refractivity contribution < 1.29 is 9.59 Å². The number of aromatic nitrogens is 2. The highest BCUT2D eigenvalue weighted by Crippen LogP contribution is 2.25. The van der Waals surface area contributed by atoms with Crippen LogP contribution in [0, 0.1) is 0 Å². The summed E-state index contributed by atoms with van der Waals surface area (Å²) in [5, 5.41) is 3.24. The molecule has 0 bridgehead atoms. The minimum Gasteiger partial charge on any atom is -0.350 e. The van der Waals surface area contributed by atoms with Gasteiger partial charge in [-0.25, -0.2) is 9.97 Å². The highest BCUT2D eigenvalue weighted by molar-refractivity contribution is 5.95. The monoisotopic (exact) mass is 303 g/mol.